The van der Waals surface area contributed by atoms with Crippen molar-refractivity contribution in [1.82, 2.24) is 9.80 Å². The Morgan fingerprint density at radius 2 is 1.78 bits per heavy atom. The Hall–Kier alpha value is -1.95. The van der Waals surface area contributed by atoms with Gasteiger partial charge in [-0.3, -0.25) is 19.4 Å². The summed E-state index contributed by atoms with van der Waals surface area (Å²) in [6, 6.07) is 8.03. The standard InChI is InChI=1S/C17H19N3O2S/c1-18-14(21)17(15(22)19(2)16(18)23)10-11-6-3-4-7-12(11)20-9-5-8-13(17)20/h3-4,6-7,13H,5,8-10H2,1-2H3/t13-/m0/s1. The van der Waals surface area contributed by atoms with E-state index in [4.69, 9.17) is 12.2 Å². The average molecular weight is 329 g/mol. The first kappa shape index (κ1) is 14.6. The third kappa shape index (κ3) is 1.70. The van der Waals surface area contributed by atoms with Crippen molar-refractivity contribution >= 4 is 34.8 Å². The summed E-state index contributed by atoms with van der Waals surface area (Å²) in [5, 5.41) is 0.286. The zero-order valence-corrected chi connectivity index (χ0v) is 14.1. The lowest BCUT2D eigenvalue weighted by atomic mass is 9.68. The summed E-state index contributed by atoms with van der Waals surface area (Å²) in [5.74, 6) is -0.311. The lowest BCUT2D eigenvalue weighted by Gasteiger charge is -2.51. The molecule has 3 aliphatic heterocycles. The molecule has 6 heteroatoms. The van der Waals surface area contributed by atoms with E-state index in [1.54, 1.807) is 14.1 Å². The van der Waals surface area contributed by atoms with Crippen molar-refractivity contribution in [2.45, 2.75) is 25.3 Å². The number of anilines is 1. The molecule has 1 aromatic carbocycles. The number of nitrogens with zero attached hydrogens (tertiary/aromatic N) is 3. The number of rotatable bonds is 0. The Morgan fingerprint density at radius 1 is 1.13 bits per heavy atom. The second-order valence-electron chi connectivity index (χ2n) is 6.64. The predicted octanol–water partition coefficient (Wildman–Crippen LogP) is 1.41. The molecule has 1 atom stereocenters. The normalized spacial score (nSPS) is 25.9. The number of hydrogen-bond acceptors (Lipinski definition) is 4. The Balaban J connectivity index is 1.92. The number of amides is 2. The van der Waals surface area contributed by atoms with Crippen LogP contribution in [0.2, 0.25) is 0 Å². The van der Waals surface area contributed by atoms with Gasteiger partial charge in [0, 0.05) is 26.3 Å². The molecule has 2 amide bonds. The molecule has 0 bridgehead atoms. The monoisotopic (exact) mass is 329 g/mol. The van der Waals surface area contributed by atoms with Crippen molar-refractivity contribution in [3.63, 3.8) is 0 Å². The number of fused-ring (bicyclic) bond motifs is 4. The lowest BCUT2D eigenvalue weighted by molar-refractivity contribution is -0.156. The Kier molecular flexibility index (Phi) is 3.04. The van der Waals surface area contributed by atoms with Gasteiger partial charge in [-0.2, -0.15) is 0 Å². The van der Waals surface area contributed by atoms with Crippen LogP contribution in [0.1, 0.15) is 18.4 Å². The summed E-state index contributed by atoms with van der Waals surface area (Å²) >= 11 is 5.25. The third-order valence-electron chi connectivity index (χ3n) is 5.54. The Morgan fingerprint density at radius 3 is 2.48 bits per heavy atom. The number of hydrogen-bond donors (Lipinski definition) is 0. The predicted molar refractivity (Wildman–Crippen MR) is 91.1 cm³/mol. The first-order chi connectivity index (χ1) is 11.0. The van der Waals surface area contributed by atoms with Crippen LogP contribution in [0, 0.1) is 5.41 Å². The van der Waals surface area contributed by atoms with Crippen molar-refractivity contribution in [3.05, 3.63) is 29.8 Å². The molecule has 2 saturated heterocycles. The maximum absolute atomic E-state index is 13.2. The largest absolute Gasteiger partial charge is 0.367 e. The summed E-state index contributed by atoms with van der Waals surface area (Å²) in [6.07, 6.45) is 2.32. The quantitative estimate of drug-likeness (QED) is 0.533. The maximum Gasteiger partial charge on any atom is 0.246 e. The molecule has 1 spiro atoms. The summed E-state index contributed by atoms with van der Waals surface area (Å²) in [4.78, 5) is 31.6. The molecule has 2 fully saturated rings. The highest BCUT2D eigenvalue weighted by atomic mass is 32.1. The second kappa shape index (κ2) is 4.77. The van der Waals surface area contributed by atoms with Gasteiger partial charge in [-0.25, -0.2) is 0 Å². The molecule has 120 valence electrons. The van der Waals surface area contributed by atoms with Gasteiger partial charge >= 0.3 is 0 Å². The van der Waals surface area contributed by atoms with Crippen molar-refractivity contribution in [3.8, 4) is 0 Å². The molecule has 0 saturated carbocycles. The van der Waals surface area contributed by atoms with Crippen molar-refractivity contribution in [2.75, 3.05) is 25.5 Å². The van der Waals surface area contributed by atoms with Gasteiger partial charge in [-0.15, -0.1) is 0 Å². The Labute approximate surface area is 140 Å². The maximum atomic E-state index is 13.2. The van der Waals surface area contributed by atoms with Gasteiger partial charge in [0.15, 0.2) is 10.5 Å². The zero-order chi connectivity index (χ0) is 16.4. The molecule has 23 heavy (non-hydrogen) atoms. The smallest absolute Gasteiger partial charge is 0.246 e. The van der Waals surface area contributed by atoms with Crippen molar-refractivity contribution < 1.29 is 9.59 Å². The van der Waals surface area contributed by atoms with Gasteiger partial charge in [-0.1, -0.05) is 18.2 Å². The summed E-state index contributed by atoms with van der Waals surface area (Å²) < 4.78 is 0. The average Bonchev–Trinajstić information content (AvgIpc) is 3.07. The first-order valence-electron chi connectivity index (χ1n) is 7.93. The summed E-state index contributed by atoms with van der Waals surface area (Å²) in [7, 11) is 3.35. The van der Waals surface area contributed by atoms with Crippen LogP contribution in [0.25, 0.3) is 0 Å². The van der Waals surface area contributed by atoms with Gasteiger partial charge in [0.05, 0.1) is 6.04 Å². The molecule has 0 aromatic heterocycles. The van der Waals surface area contributed by atoms with E-state index in [9.17, 15) is 9.59 Å². The topological polar surface area (TPSA) is 43.9 Å². The van der Waals surface area contributed by atoms with Crippen LogP contribution in [0.5, 0.6) is 0 Å². The molecular formula is C17H19N3O2S. The van der Waals surface area contributed by atoms with Crippen LogP contribution in [-0.2, 0) is 16.0 Å². The molecule has 3 aliphatic rings. The van der Waals surface area contributed by atoms with E-state index < -0.39 is 5.41 Å². The van der Waals surface area contributed by atoms with Crippen molar-refractivity contribution in [1.29, 1.82) is 0 Å². The Bertz CT molecular complexity index is 708. The molecule has 0 N–H and O–H groups in total. The highest BCUT2D eigenvalue weighted by Crippen LogP contribution is 2.49. The molecule has 1 aromatic rings. The van der Waals surface area contributed by atoms with E-state index in [0.29, 0.717) is 6.42 Å². The molecule has 0 unspecified atom stereocenters. The van der Waals surface area contributed by atoms with Crippen LogP contribution in [0.3, 0.4) is 0 Å². The molecule has 5 nitrogen and oxygen atoms in total. The highest BCUT2D eigenvalue weighted by molar-refractivity contribution is 7.80. The fourth-order valence-electron chi connectivity index (χ4n) is 4.45. The molecule has 0 radical (unpaired) electrons. The lowest BCUT2D eigenvalue weighted by Crippen LogP contribution is -2.70. The van der Waals surface area contributed by atoms with Gasteiger partial charge in [0.2, 0.25) is 11.8 Å². The second-order valence-corrected chi connectivity index (χ2v) is 7.00. The number of carbonyl (C=O) groups is 2. The molecular weight excluding hydrogens is 310 g/mol. The number of benzene rings is 1. The summed E-state index contributed by atoms with van der Waals surface area (Å²) in [5.41, 5.74) is 1.19. The third-order valence-corrected chi connectivity index (χ3v) is 6.09. The van der Waals surface area contributed by atoms with E-state index in [1.165, 1.54) is 15.5 Å². The van der Waals surface area contributed by atoms with E-state index in [-0.39, 0.29) is 23.0 Å². The van der Waals surface area contributed by atoms with E-state index in [2.05, 4.69) is 11.0 Å². The number of thiocarbonyl (C=S) groups is 1. The van der Waals surface area contributed by atoms with Crippen LogP contribution in [-0.4, -0.2) is 53.4 Å². The number of para-hydroxylation sites is 1. The van der Waals surface area contributed by atoms with Crippen LogP contribution in [0.4, 0.5) is 5.69 Å². The summed E-state index contributed by atoms with van der Waals surface area (Å²) in [6.45, 7) is 0.891. The van der Waals surface area contributed by atoms with Crippen molar-refractivity contribution in [2.24, 2.45) is 5.41 Å². The fourth-order valence-corrected chi connectivity index (χ4v) is 4.62. The van der Waals surface area contributed by atoms with Gasteiger partial charge in [0.25, 0.3) is 0 Å². The minimum absolute atomic E-state index is 0.0783. The fraction of sp³-hybridized carbons (Fsp3) is 0.471. The number of carbonyl (C=O) groups excluding carboxylic acids is 2. The molecule has 3 heterocycles. The van der Waals surface area contributed by atoms with Gasteiger partial charge in [-0.05, 0) is 43.1 Å². The highest BCUT2D eigenvalue weighted by Gasteiger charge is 2.62. The van der Waals surface area contributed by atoms with Crippen LogP contribution in [0.15, 0.2) is 24.3 Å². The first-order valence-corrected chi connectivity index (χ1v) is 8.34. The molecule has 4 rings (SSSR count). The minimum Gasteiger partial charge on any atom is -0.367 e. The van der Waals surface area contributed by atoms with Crippen LogP contribution >= 0.6 is 12.2 Å². The van der Waals surface area contributed by atoms with E-state index in [1.807, 2.05) is 18.2 Å². The zero-order valence-electron chi connectivity index (χ0n) is 13.3. The SMILES string of the molecule is CN1C(=O)C2(Cc3ccccc3N3CCC[C@H]32)C(=O)N(C)C1=S. The minimum atomic E-state index is -1.04. The van der Waals surface area contributed by atoms with Gasteiger partial charge in [0.1, 0.15) is 0 Å². The van der Waals surface area contributed by atoms with E-state index >= 15 is 0 Å². The van der Waals surface area contributed by atoms with Crippen LogP contribution < -0.4 is 4.90 Å². The van der Waals surface area contributed by atoms with E-state index in [0.717, 1.165) is 24.9 Å². The van der Waals surface area contributed by atoms with Gasteiger partial charge < -0.3 is 4.90 Å². The molecule has 0 aliphatic carbocycles.